The quantitative estimate of drug-likeness (QED) is 0.365. The van der Waals surface area contributed by atoms with E-state index in [1.807, 2.05) is 0 Å². The normalized spacial score (nSPS) is 9.50. The van der Waals surface area contributed by atoms with Gasteiger partial charge < -0.3 is 5.11 Å². The number of hydrogen-bond donors (Lipinski definition) is 2. The van der Waals surface area contributed by atoms with E-state index in [4.69, 9.17) is 5.84 Å². The van der Waals surface area contributed by atoms with Crippen molar-refractivity contribution >= 4 is 11.6 Å². The van der Waals surface area contributed by atoms with Gasteiger partial charge in [0, 0.05) is 6.92 Å². The van der Waals surface area contributed by atoms with Crippen LogP contribution in [-0.4, -0.2) is 11.0 Å². The molecule has 0 aromatic heterocycles. The maximum atomic E-state index is 10.8. The predicted octanol–water partition coefficient (Wildman–Crippen LogP) is 0.619. The number of para-hydroxylation sites is 2. The van der Waals surface area contributed by atoms with Crippen LogP contribution >= 0.6 is 0 Å². The Hall–Kier alpha value is -1.55. The number of nitrogens with two attached hydrogens (primary N) is 1. The first-order valence-corrected chi connectivity index (χ1v) is 3.46. The van der Waals surface area contributed by atoms with E-state index in [1.54, 1.807) is 18.2 Å². The van der Waals surface area contributed by atoms with Crippen LogP contribution < -0.4 is 10.9 Å². The fourth-order valence-corrected chi connectivity index (χ4v) is 0.837. The number of phenolic OH excluding ortho intramolecular Hbond substituents is 1. The number of phenols is 1. The van der Waals surface area contributed by atoms with Gasteiger partial charge in [-0.15, -0.1) is 0 Å². The second-order valence-corrected chi connectivity index (χ2v) is 2.38. The number of anilines is 1. The van der Waals surface area contributed by atoms with Crippen LogP contribution in [-0.2, 0) is 4.79 Å². The Morgan fingerprint density at radius 3 is 2.58 bits per heavy atom. The van der Waals surface area contributed by atoms with Crippen LogP contribution in [0, 0.1) is 0 Å². The number of rotatable bonds is 1. The second-order valence-electron chi connectivity index (χ2n) is 2.38. The van der Waals surface area contributed by atoms with Crippen molar-refractivity contribution in [2.45, 2.75) is 6.92 Å². The molecular formula is C8H10N2O2. The number of amides is 1. The molecule has 0 aliphatic heterocycles. The summed E-state index contributed by atoms with van der Waals surface area (Å²) in [4.78, 5) is 10.8. The summed E-state index contributed by atoms with van der Waals surface area (Å²) in [5.74, 6) is 5.04. The highest BCUT2D eigenvalue weighted by Gasteiger charge is 2.09. The fourth-order valence-electron chi connectivity index (χ4n) is 0.837. The predicted molar refractivity (Wildman–Crippen MR) is 45.5 cm³/mol. The number of aromatic hydroxyl groups is 1. The largest absolute Gasteiger partial charge is 0.506 e. The molecule has 3 N–H and O–H groups in total. The molecule has 0 aliphatic carbocycles. The minimum absolute atomic E-state index is 0.00444. The van der Waals surface area contributed by atoms with Crippen LogP contribution in [0.1, 0.15) is 6.92 Å². The van der Waals surface area contributed by atoms with E-state index in [9.17, 15) is 9.90 Å². The molecule has 0 heterocycles. The number of nitrogens with zero attached hydrogens (tertiary/aromatic N) is 1. The lowest BCUT2D eigenvalue weighted by Crippen LogP contribution is -2.35. The van der Waals surface area contributed by atoms with Gasteiger partial charge in [0.1, 0.15) is 11.4 Å². The van der Waals surface area contributed by atoms with Gasteiger partial charge in [-0.1, -0.05) is 12.1 Å². The van der Waals surface area contributed by atoms with Gasteiger partial charge in [-0.25, -0.2) is 10.9 Å². The van der Waals surface area contributed by atoms with Crippen LogP contribution in [0.5, 0.6) is 5.75 Å². The smallest absolute Gasteiger partial charge is 0.238 e. The maximum absolute atomic E-state index is 10.8. The summed E-state index contributed by atoms with van der Waals surface area (Å²) in [7, 11) is 0. The summed E-state index contributed by atoms with van der Waals surface area (Å²) >= 11 is 0. The van der Waals surface area contributed by atoms with Crippen molar-refractivity contribution in [3.05, 3.63) is 24.3 Å². The van der Waals surface area contributed by atoms with E-state index >= 15 is 0 Å². The van der Waals surface area contributed by atoms with Crippen molar-refractivity contribution in [1.82, 2.24) is 0 Å². The van der Waals surface area contributed by atoms with E-state index in [0.717, 1.165) is 5.01 Å². The highest BCUT2D eigenvalue weighted by atomic mass is 16.3. The Labute approximate surface area is 70.2 Å². The van der Waals surface area contributed by atoms with Crippen molar-refractivity contribution in [2.24, 2.45) is 5.84 Å². The molecule has 1 rings (SSSR count). The monoisotopic (exact) mass is 166 g/mol. The average molecular weight is 166 g/mol. The van der Waals surface area contributed by atoms with Gasteiger partial charge >= 0.3 is 0 Å². The molecule has 1 aromatic rings. The van der Waals surface area contributed by atoms with Crippen LogP contribution in [0.15, 0.2) is 24.3 Å². The molecule has 1 amide bonds. The Morgan fingerprint density at radius 1 is 1.50 bits per heavy atom. The zero-order chi connectivity index (χ0) is 9.14. The van der Waals surface area contributed by atoms with Crippen LogP contribution in [0.2, 0.25) is 0 Å². The van der Waals surface area contributed by atoms with Gasteiger partial charge in [-0.05, 0) is 12.1 Å². The van der Waals surface area contributed by atoms with Crippen molar-refractivity contribution < 1.29 is 9.90 Å². The molecule has 0 unspecified atom stereocenters. The number of hydrazine groups is 1. The SMILES string of the molecule is CC(=O)N(N)c1ccccc1O. The molecule has 12 heavy (non-hydrogen) atoms. The van der Waals surface area contributed by atoms with E-state index in [1.165, 1.54) is 13.0 Å². The van der Waals surface area contributed by atoms with E-state index in [-0.39, 0.29) is 11.7 Å². The van der Waals surface area contributed by atoms with Crippen molar-refractivity contribution in [3.8, 4) is 5.75 Å². The van der Waals surface area contributed by atoms with E-state index in [2.05, 4.69) is 0 Å². The van der Waals surface area contributed by atoms with Gasteiger partial charge in [0.15, 0.2) is 0 Å². The Morgan fingerprint density at radius 2 is 2.08 bits per heavy atom. The summed E-state index contributed by atoms with van der Waals surface area (Å²) in [6, 6.07) is 6.39. The maximum Gasteiger partial charge on any atom is 0.238 e. The van der Waals surface area contributed by atoms with E-state index < -0.39 is 0 Å². The highest BCUT2D eigenvalue weighted by molar-refractivity contribution is 5.91. The first-order valence-electron chi connectivity index (χ1n) is 3.46. The molecule has 0 bridgehead atoms. The van der Waals surface area contributed by atoms with Gasteiger partial charge in [0.2, 0.25) is 5.91 Å². The zero-order valence-corrected chi connectivity index (χ0v) is 6.69. The molecule has 4 nitrogen and oxygen atoms in total. The van der Waals surface area contributed by atoms with Crippen LogP contribution in [0.3, 0.4) is 0 Å². The molecule has 4 heteroatoms. The van der Waals surface area contributed by atoms with Crippen molar-refractivity contribution in [3.63, 3.8) is 0 Å². The molecular weight excluding hydrogens is 156 g/mol. The lowest BCUT2D eigenvalue weighted by molar-refractivity contribution is -0.116. The van der Waals surface area contributed by atoms with Gasteiger partial charge in [-0.2, -0.15) is 0 Å². The molecule has 64 valence electrons. The summed E-state index contributed by atoms with van der Waals surface area (Å²) in [6.45, 7) is 1.33. The third kappa shape index (κ3) is 1.54. The lowest BCUT2D eigenvalue weighted by atomic mass is 10.3. The van der Waals surface area contributed by atoms with Crippen molar-refractivity contribution in [2.75, 3.05) is 5.01 Å². The lowest BCUT2D eigenvalue weighted by Gasteiger charge is -2.14. The molecule has 1 aromatic carbocycles. The standard InChI is InChI=1S/C8H10N2O2/c1-6(11)10(9)7-4-2-3-5-8(7)12/h2-5,12H,9H2,1H3. The first kappa shape index (κ1) is 8.55. The summed E-state index contributed by atoms with van der Waals surface area (Å²) < 4.78 is 0. The zero-order valence-electron chi connectivity index (χ0n) is 6.69. The minimum Gasteiger partial charge on any atom is -0.506 e. The molecule has 0 fully saturated rings. The molecule has 0 radical (unpaired) electrons. The van der Waals surface area contributed by atoms with Crippen LogP contribution in [0.25, 0.3) is 0 Å². The number of carbonyl (C=O) groups excluding carboxylic acids is 1. The van der Waals surface area contributed by atoms with Gasteiger partial charge in [0.25, 0.3) is 0 Å². The number of carbonyl (C=O) groups is 1. The van der Waals surface area contributed by atoms with Gasteiger partial charge in [0.05, 0.1) is 0 Å². The second kappa shape index (κ2) is 3.23. The topological polar surface area (TPSA) is 66.6 Å². The average Bonchev–Trinajstić information content (AvgIpc) is 2.04. The summed E-state index contributed by atoms with van der Waals surface area (Å²) in [5.41, 5.74) is 0.310. The number of benzene rings is 1. The minimum atomic E-state index is -0.323. The third-order valence-electron chi connectivity index (χ3n) is 1.48. The molecule has 0 aliphatic rings. The van der Waals surface area contributed by atoms with Crippen molar-refractivity contribution in [1.29, 1.82) is 0 Å². The highest BCUT2D eigenvalue weighted by Crippen LogP contribution is 2.23. The first-order chi connectivity index (χ1) is 5.63. The Bertz CT molecular complexity index is 299. The third-order valence-corrected chi connectivity index (χ3v) is 1.48. The summed E-state index contributed by atoms with van der Waals surface area (Å²) in [6.07, 6.45) is 0. The van der Waals surface area contributed by atoms with Crippen LogP contribution in [0.4, 0.5) is 5.69 Å². The number of hydrogen-bond acceptors (Lipinski definition) is 3. The molecule has 0 atom stereocenters. The molecule has 0 spiro atoms. The Balaban J connectivity index is 3.02. The fraction of sp³-hybridized carbons (Fsp3) is 0.125. The van der Waals surface area contributed by atoms with E-state index in [0.29, 0.717) is 5.69 Å². The summed E-state index contributed by atoms with van der Waals surface area (Å²) in [5, 5.41) is 10.2. The Kier molecular flexibility index (Phi) is 2.30. The molecule has 0 saturated carbocycles. The molecule has 0 saturated heterocycles. The van der Waals surface area contributed by atoms with Gasteiger partial charge in [-0.3, -0.25) is 4.79 Å².